The van der Waals surface area contributed by atoms with E-state index in [0.29, 0.717) is 0 Å². The van der Waals surface area contributed by atoms with Crippen LogP contribution in [0.2, 0.25) is 5.02 Å². The number of halogens is 1. The van der Waals surface area contributed by atoms with Gasteiger partial charge < -0.3 is 10.1 Å². The lowest BCUT2D eigenvalue weighted by Crippen LogP contribution is -2.29. The molecule has 1 N–H and O–H groups in total. The Bertz CT molecular complexity index is 352. The summed E-state index contributed by atoms with van der Waals surface area (Å²) in [6.07, 6.45) is 1.96. The van der Waals surface area contributed by atoms with Crippen LogP contribution in [-0.2, 0) is 0 Å². The van der Waals surface area contributed by atoms with Gasteiger partial charge in [0.1, 0.15) is 11.9 Å². The molecule has 0 saturated heterocycles. The number of benzene rings is 1. The highest BCUT2D eigenvalue weighted by Crippen LogP contribution is 2.22. The Balaban J connectivity index is 2.49. The van der Waals surface area contributed by atoms with Crippen molar-refractivity contribution in [3.63, 3.8) is 0 Å². The van der Waals surface area contributed by atoms with Gasteiger partial charge in [-0.25, -0.2) is 0 Å². The van der Waals surface area contributed by atoms with Crippen LogP contribution in [0.5, 0.6) is 5.75 Å². The molecule has 0 bridgehead atoms. The van der Waals surface area contributed by atoms with Gasteiger partial charge >= 0.3 is 0 Å². The third-order valence-electron chi connectivity index (χ3n) is 2.19. The van der Waals surface area contributed by atoms with E-state index in [0.717, 1.165) is 29.4 Å². The quantitative estimate of drug-likeness (QED) is 0.608. The lowest BCUT2D eigenvalue weighted by Gasteiger charge is -2.16. The maximum atomic E-state index is 5.88. The van der Waals surface area contributed by atoms with E-state index in [1.54, 1.807) is 0 Å². The topological polar surface area (TPSA) is 21.3 Å². The van der Waals surface area contributed by atoms with Gasteiger partial charge in [0.05, 0.1) is 0 Å². The summed E-state index contributed by atoms with van der Waals surface area (Å²) in [7, 11) is 0. The summed E-state index contributed by atoms with van der Waals surface area (Å²) in [5.74, 6) is 0.886. The predicted octanol–water partition coefficient (Wildman–Crippen LogP) is 3.19. The summed E-state index contributed by atoms with van der Waals surface area (Å²) in [5, 5.41) is 3.96. The number of hydrogen-bond acceptors (Lipinski definition) is 2. The van der Waals surface area contributed by atoms with Crippen LogP contribution in [-0.4, -0.2) is 19.2 Å². The highest BCUT2D eigenvalue weighted by molar-refractivity contribution is 6.30. The molecule has 1 aromatic rings. The van der Waals surface area contributed by atoms with Crippen molar-refractivity contribution >= 4 is 11.6 Å². The van der Waals surface area contributed by atoms with Crippen LogP contribution in [0, 0.1) is 6.92 Å². The van der Waals surface area contributed by atoms with Gasteiger partial charge in [0.15, 0.2) is 0 Å². The van der Waals surface area contributed by atoms with Gasteiger partial charge in [0.2, 0.25) is 0 Å². The average Bonchev–Trinajstić information content (AvgIpc) is 2.23. The predicted molar refractivity (Wildman–Crippen MR) is 69.3 cm³/mol. The van der Waals surface area contributed by atoms with Gasteiger partial charge in [-0.1, -0.05) is 17.7 Å². The zero-order valence-electron chi connectivity index (χ0n) is 9.79. The lowest BCUT2D eigenvalue weighted by atomic mass is 10.2. The number of ether oxygens (including phenoxy) is 1. The summed E-state index contributed by atoms with van der Waals surface area (Å²) in [4.78, 5) is 0. The van der Waals surface area contributed by atoms with Crippen LogP contribution in [0.1, 0.15) is 12.5 Å². The smallest absolute Gasteiger partial charge is 0.122 e. The molecule has 0 heterocycles. The van der Waals surface area contributed by atoms with Crippen molar-refractivity contribution in [2.24, 2.45) is 0 Å². The van der Waals surface area contributed by atoms with Crippen molar-refractivity contribution < 1.29 is 4.74 Å². The van der Waals surface area contributed by atoms with Gasteiger partial charge in [-0.15, -0.1) is 6.58 Å². The second-order valence-corrected chi connectivity index (χ2v) is 4.22. The maximum Gasteiger partial charge on any atom is 0.122 e. The summed E-state index contributed by atoms with van der Waals surface area (Å²) in [6.45, 7) is 9.27. The third-order valence-corrected chi connectivity index (χ3v) is 2.42. The molecule has 0 radical (unpaired) electrons. The molecule has 0 fully saturated rings. The molecular weight excluding hydrogens is 222 g/mol. The largest absolute Gasteiger partial charge is 0.489 e. The standard InChI is InChI=1S/C13H18ClNO/c1-4-7-15-9-11(3)16-13-6-5-12(14)8-10(13)2/h4-6,8,11,15H,1,7,9H2,2-3H3. The van der Waals surface area contributed by atoms with E-state index >= 15 is 0 Å². The van der Waals surface area contributed by atoms with E-state index in [1.165, 1.54) is 0 Å². The Kier molecular flexibility index (Phi) is 5.36. The fraction of sp³-hybridized carbons (Fsp3) is 0.385. The molecule has 1 rings (SSSR count). The minimum Gasteiger partial charge on any atom is -0.489 e. The molecule has 1 unspecified atom stereocenters. The average molecular weight is 240 g/mol. The van der Waals surface area contributed by atoms with Crippen LogP contribution < -0.4 is 10.1 Å². The first-order valence-corrected chi connectivity index (χ1v) is 5.75. The Morgan fingerprint density at radius 2 is 2.31 bits per heavy atom. The molecule has 2 nitrogen and oxygen atoms in total. The Labute approximate surface area is 102 Å². The molecule has 0 spiro atoms. The van der Waals surface area contributed by atoms with Crippen molar-refractivity contribution in [1.82, 2.24) is 5.32 Å². The minimum absolute atomic E-state index is 0.125. The Morgan fingerprint density at radius 1 is 1.56 bits per heavy atom. The van der Waals surface area contributed by atoms with Gasteiger partial charge in [0, 0.05) is 18.1 Å². The molecule has 0 aliphatic carbocycles. The maximum absolute atomic E-state index is 5.88. The van der Waals surface area contributed by atoms with E-state index in [-0.39, 0.29) is 6.10 Å². The first-order valence-electron chi connectivity index (χ1n) is 5.38. The zero-order valence-corrected chi connectivity index (χ0v) is 10.6. The lowest BCUT2D eigenvalue weighted by molar-refractivity contribution is 0.217. The molecule has 1 atom stereocenters. The van der Waals surface area contributed by atoms with E-state index < -0.39 is 0 Å². The number of aryl methyl sites for hydroxylation is 1. The second-order valence-electron chi connectivity index (χ2n) is 3.79. The van der Waals surface area contributed by atoms with Crippen LogP contribution in [0.25, 0.3) is 0 Å². The van der Waals surface area contributed by atoms with E-state index in [2.05, 4.69) is 11.9 Å². The summed E-state index contributed by atoms with van der Waals surface area (Å²) >= 11 is 5.88. The van der Waals surface area contributed by atoms with E-state index in [4.69, 9.17) is 16.3 Å². The first-order chi connectivity index (χ1) is 7.63. The first kappa shape index (κ1) is 13.1. The van der Waals surface area contributed by atoms with Gasteiger partial charge in [0.25, 0.3) is 0 Å². The van der Waals surface area contributed by atoms with Crippen molar-refractivity contribution in [2.75, 3.05) is 13.1 Å². The number of hydrogen-bond donors (Lipinski definition) is 1. The fourth-order valence-electron chi connectivity index (χ4n) is 1.39. The molecule has 0 amide bonds. The van der Waals surface area contributed by atoms with Crippen molar-refractivity contribution in [1.29, 1.82) is 0 Å². The Hall–Kier alpha value is -0.990. The number of rotatable bonds is 6. The van der Waals surface area contributed by atoms with Crippen molar-refractivity contribution in [2.45, 2.75) is 20.0 Å². The molecule has 3 heteroatoms. The normalized spacial score (nSPS) is 12.2. The SMILES string of the molecule is C=CCNCC(C)Oc1ccc(Cl)cc1C. The highest BCUT2D eigenvalue weighted by atomic mass is 35.5. The molecule has 0 aliphatic heterocycles. The molecule has 0 saturated carbocycles. The highest BCUT2D eigenvalue weighted by Gasteiger charge is 2.05. The summed E-state index contributed by atoms with van der Waals surface area (Å²) in [6, 6.07) is 5.65. The summed E-state index contributed by atoms with van der Waals surface area (Å²) < 4.78 is 5.79. The Morgan fingerprint density at radius 3 is 2.94 bits per heavy atom. The van der Waals surface area contributed by atoms with Crippen molar-refractivity contribution in [3.8, 4) is 5.75 Å². The zero-order chi connectivity index (χ0) is 12.0. The second kappa shape index (κ2) is 6.56. The number of nitrogens with one attached hydrogen (secondary N) is 1. The van der Waals surface area contributed by atoms with Crippen LogP contribution in [0.3, 0.4) is 0 Å². The fourth-order valence-corrected chi connectivity index (χ4v) is 1.62. The van der Waals surface area contributed by atoms with E-state index in [1.807, 2.05) is 38.1 Å². The molecule has 0 aromatic heterocycles. The van der Waals surface area contributed by atoms with Gasteiger partial charge in [-0.05, 0) is 37.6 Å². The molecular formula is C13H18ClNO. The molecule has 88 valence electrons. The van der Waals surface area contributed by atoms with Crippen LogP contribution >= 0.6 is 11.6 Å². The minimum atomic E-state index is 0.125. The third kappa shape index (κ3) is 4.25. The van der Waals surface area contributed by atoms with Gasteiger partial charge in [-0.2, -0.15) is 0 Å². The van der Waals surface area contributed by atoms with Crippen LogP contribution in [0.4, 0.5) is 0 Å². The molecule has 0 aliphatic rings. The van der Waals surface area contributed by atoms with Gasteiger partial charge in [-0.3, -0.25) is 0 Å². The molecule has 16 heavy (non-hydrogen) atoms. The van der Waals surface area contributed by atoms with E-state index in [9.17, 15) is 0 Å². The summed E-state index contributed by atoms with van der Waals surface area (Å²) in [5.41, 5.74) is 1.06. The monoisotopic (exact) mass is 239 g/mol. The van der Waals surface area contributed by atoms with Crippen LogP contribution in [0.15, 0.2) is 30.9 Å². The molecule has 1 aromatic carbocycles. The van der Waals surface area contributed by atoms with Crippen molar-refractivity contribution in [3.05, 3.63) is 41.4 Å².